The second kappa shape index (κ2) is 7.66. The van der Waals surface area contributed by atoms with Gasteiger partial charge in [0.15, 0.2) is 0 Å². The molecule has 0 amide bonds. The van der Waals surface area contributed by atoms with Gasteiger partial charge in [0.05, 0.1) is 6.10 Å². The summed E-state index contributed by atoms with van der Waals surface area (Å²) in [6.45, 7) is 2.09. The Hall–Kier alpha value is -0.860. The molecule has 0 aliphatic heterocycles. The van der Waals surface area contributed by atoms with E-state index in [1.807, 2.05) is 30.3 Å². The number of hydrogen-bond acceptors (Lipinski definition) is 2. The van der Waals surface area contributed by atoms with Gasteiger partial charge in [-0.15, -0.1) is 0 Å². The van der Waals surface area contributed by atoms with Gasteiger partial charge >= 0.3 is 0 Å². The van der Waals surface area contributed by atoms with Crippen molar-refractivity contribution >= 4 is 0 Å². The molecule has 0 heterocycles. The second-order valence-electron chi connectivity index (χ2n) is 5.85. The first kappa shape index (κ1) is 14.5. The van der Waals surface area contributed by atoms with Gasteiger partial charge in [-0.05, 0) is 25.3 Å². The van der Waals surface area contributed by atoms with Crippen LogP contribution in [-0.4, -0.2) is 17.2 Å². The summed E-state index contributed by atoms with van der Waals surface area (Å²) in [5, 5.41) is 14.0. The van der Waals surface area contributed by atoms with Crippen LogP contribution < -0.4 is 5.32 Å². The maximum absolute atomic E-state index is 10.4. The molecule has 1 aromatic rings. The maximum Gasteiger partial charge on any atom is 0.0940 e. The van der Waals surface area contributed by atoms with Crippen LogP contribution in [0.15, 0.2) is 30.3 Å². The fraction of sp³-hybridized carbons (Fsp3) is 0.647. The molecular formula is C17H27NO. The number of hydrogen-bond donors (Lipinski definition) is 2. The minimum Gasteiger partial charge on any atom is -0.387 e. The standard InChI is InChI=1S/C17H27NO/c1-14(17(19)15-10-6-5-7-11-15)18-16-12-8-3-2-4-9-13-16/h5-7,10-11,14,16-19H,2-4,8-9,12-13H2,1H3/t14-,17+/m0/s1. The van der Waals surface area contributed by atoms with Gasteiger partial charge in [-0.3, -0.25) is 0 Å². The van der Waals surface area contributed by atoms with Crippen molar-refractivity contribution in [1.82, 2.24) is 5.32 Å². The third-order valence-corrected chi connectivity index (χ3v) is 4.22. The van der Waals surface area contributed by atoms with Gasteiger partial charge < -0.3 is 10.4 Å². The highest BCUT2D eigenvalue weighted by molar-refractivity contribution is 5.18. The summed E-state index contributed by atoms with van der Waals surface area (Å²) in [5.41, 5.74) is 1.01. The Bertz CT molecular complexity index is 344. The zero-order valence-electron chi connectivity index (χ0n) is 12.0. The third-order valence-electron chi connectivity index (χ3n) is 4.22. The van der Waals surface area contributed by atoms with Crippen molar-refractivity contribution in [2.45, 2.75) is 70.1 Å². The minimum absolute atomic E-state index is 0.117. The topological polar surface area (TPSA) is 32.3 Å². The van der Waals surface area contributed by atoms with Crippen LogP contribution in [0.5, 0.6) is 0 Å². The molecule has 1 saturated carbocycles. The monoisotopic (exact) mass is 261 g/mol. The first-order chi connectivity index (χ1) is 9.27. The lowest BCUT2D eigenvalue weighted by Gasteiger charge is -2.28. The quantitative estimate of drug-likeness (QED) is 0.864. The van der Waals surface area contributed by atoms with Crippen molar-refractivity contribution in [3.8, 4) is 0 Å². The van der Waals surface area contributed by atoms with E-state index in [0.717, 1.165) is 5.56 Å². The number of aliphatic hydroxyl groups is 1. The molecule has 1 fully saturated rings. The number of benzene rings is 1. The molecule has 0 aromatic heterocycles. The molecule has 0 unspecified atom stereocenters. The maximum atomic E-state index is 10.4. The zero-order valence-corrected chi connectivity index (χ0v) is 12.0. The normalized spacial score (nSPS) is 21.4. The van der Waals surface area contributed by atoms with E-state index in [2.05, 4.69) is 12.2 Å². The Labute approximate surface area is 117 Å². The molecular weight excluding hydrogens is 234 g/mol. The zero-order chi connectivity index (χ0) is 13.5. The van der Waals surface area contributed by atoms with Gasteiger partial charge in [0.2, 0.25) is 0 Å². The summed E-state index contributed by atoms with van der Waals surface area (Å²) in [6.07, 6.45) is 8.89. The molecule has 19 heavy (non-hydrogen) atoms. The van der Waals surface area contributed by atoms with E-state index < -0.39 is 6.10 Å². The van der Waals surface area contributed by atoms with Crippen LogP contribution in [0.4, 0.5) is 0 Å². The van der Waals surface area contributed by atoms with Crippen molar-refractivity contribution in [3.05, 3.63) is 35.9 Å². The molecule has 1 aliphatic carbocycles. The molecule has 2 heteroatoms. The predicted octanol–water partition coefficient (Wildman–Crippen LogP) is 3.81. The van der Waals surface area contributed by atoms with Crippen LogP contribution >= 0.6 is 0 Å². The summed E-state index contributed by atoms with van der Waals surface area (Å²) >= 11 is 0. The largest absolute Gasteiger partial charge is 0.387 e. The van der Waals surface area contributed by atoms with Crippen molar-refractivity contribution < 1.29 is 5.11 Å². The van der Waals surface area contributed by atoms with E-state index in [1.54, 1.807) is 0 Å². The summed E-state index contributed by atoms with van der Waals surface area (Å²) in [5.74, 6) is 0. The first-order valence-electron chi connectivity index (χ1n) is 7.76. The van der Waals surface area contributed by atoms with Crippen LogP contribution in [0.1, 0.15) is 63.5 Å². The van der Waals surface area contributed by atoms with Gasteiger partial charge in [0.1, 0.15) is 0 Å². The van der Waals surface area contributed by atoms with Crippen LogP contribution in [0.3, 0.4) is 0 Å². The van der Waals surface area contributed by atoms with Gasteiger partial charge in [-0.25, -0.2) is 0 Å². The van der Waals surface area contributed by atoms with E-state index in [1.165, 1.54) is 44.9 Å². The predicted molar refractivity (Wildman–Crippen MR) is 80.1 cm³/mol. The summed E-state index contributed by atoms with van der Waals surface area (Å²) in [4.78, 5) is 0. The Morgan fingerprint density at radius 2 is 1.58 bits per heavy atom. The molecule has 2 N–H and O–H groups in total. The average molecular weight is 261 g/mol. The lowest BCUT2D eigenvalue weighted by atomic mass is 9.95. The smallest absolute Gasteiger partial charge is 0.0940 e. The highest BCUT2D eigenvalue weighted by Crippen LogP contribution is 2.21. The summed E-state index contributed by atoms with van der Waals surface area (Å²) in [7, 11) is 0. The van der Waals surface area contributed by atoms with E-state index in [-0.39, 0.29) is 6.04 Å². The molecule has 0 saturated heterocycles. The fourth-order valence-electron chi connectivity index (χ4n) is 3.02. The molecule has 2 atom stereocenters. The number of aliphatic hydroxyl groups excluding tert-OH is 1. The van der Waals surface area contributed by atoms with Crippen LogP contribution in [-0.2, 0) is 0 Å². The van der Waals surface area contributed by atoms with Crippen LogP contribution in [0.2, 0.25) is 0 Å². The summed E-state index contributed by atoms with van der Waals surface area (Å²) < 4.78 is 0. The van der Waals surface area contributed by atoms with E-state index in [4.69, 9.17) is 0 Å². The van der Waals surface area contributed by atoms with Crippen LogP contribution in [0, 0.1) is 0 Å². The molecule has 1 aliphatic rings. The number of nitrogens with one attached hydrogen (secondary N) is 1. The SMILES string of the molecule is C[C@H](NC1CCCCCCC1)[C@@H](O)c1ccccc1. The highest BCUT2D eigenvalue weighted by Gasteiger charge is 2.20. The average Bonchev–Trinajstić information content (AvgIpc) is 2.41. The molecule has 106 valence electrons. The van der Waals surface area contributed by atoms with Crippen molar-refractivity contribution in [2.24, 2.45) is 0 Å². The van der Waals surface area contributed by atoms with Gasteiger partial charge in [-0.2, -0.15) is 0 Å². The highest BCUT2D eigenvalue weighted by atomic mass is 16.3. The van der Waals surface area contributed by atoms with E-state index >= 15 is 0 Å². The lowest BCUT2D eigenvalue weighted by Crippen LogP contribution is -2.40. The Balaban J connectivity index is 1.86. The Morgan fingerprint density at radius 3 is 2.21 bits per heavy atom. The fourth-order valence-corrected chi connectivity index (χ4v) is 3.02. The molecule has 2 rings (SSSR count). The van der Waals surface area contributed by atoms with E-state index in [9.17, 15) is 5.11 Å². The van der Waals surface area contributed by atoms with Gasteiger partial charge in [0.25, 0.3) is 0 Å². The molecule has 0 radical (unpaired) electrons. The molecule has 0 spiro atoms. The molecule has 0 bridgehead atoms. The van der Waals surface area contributed by atoms with Crippen molar-refractivity contribution in [1.29, 1.82) is 0 Å². The molecule has 2 nitrogen and oxygen atoms in total. The third kappa shape index (κ3) is 4.63. The second-order valence-corrected chi connectivity index (χ2v) is 5.85. The van der Waals surface area contributed by atoms with Gasteiger partial charge in [-0.1, -0.05) is 62.4 Å². The van der Waals surface area contributed by atoms with Crippen molar-refractivity contribution in [3.63, 3.8) is 0 Å². The van der Waals surface area contributed by atoms with Crippen molar-refractivity contribution in [2.75, 3.05) is 0 Å². The summed E-state index contributed by atoms with van der Waals surface area (Å²) in [6, 6.07) is 10.7. The van der Waals surface area contributed by atoms with Gasteiger partial charge in [0, 0.05) is 12.1 Å². The Morgan fingerprint density at radius 1 is 1.00 bits per heavy atom. The minimum atomic E-state index is -0.411. The Kier molecular flexibility index (Phi) is 5.87. The first-order valence-corrected chi connectivity index (χ1v) is 7.76. The van der Waals surface area contributed by atoms with E-state index in [0.29, 0.717) is 6.04 Å². The lowest BCUT2D eigenvalue weighted by molar-refractivity contribution is 0.126. The molecule has 1 aromatic carbocycles. The van der Waals surface area contributed by atoms with Crippen LogP contribution in [0.25, 0.3) is 0 Å². The number of rotatable bonds is 4.